The maximum atomic E-state index is 11.5. The first kappa shape index (κ1) is 8.57. The molecule has 4 aliphatic carbocycles. The average Bonchev–Trinajstić information content (AvgIpc) is 2.39. The largest absolute Gasteiger partial charge is 0.459 e. The predicted octanol–water partition coefficient (Wildman–Crippen LogP) is 1.24. The van der Waals surface area contributed by atoms with Gasteiger partial charge in [0.1, 0.15) is 11.7 Å². The molecule has 3 atom stereocenters. The summed E-state index contributed by atoms with van der Waals surface area (Å²) in [5.41, 5.74) is -0.647. The highest BCUT2D eigenvalue weighted by Crippen LogP contribution is 2.65. The number of hydrogen-bond acceptors (Lipinski definition) is 3. The van der Waals surface area contributed by atoms with Crippen LogP contribution in [0.2, 0.25) is 0 Å². The summed E-state index contributed by atoms with van der Waals surface area (Å²) in [6.07, 6.45) is 5.61. The summed E-state index contributed by atoms with van der Waals surface area (Å²) in [6, 6.07) is 0. The van der Waals surface area contributed by atoms with Gasteiger partial charge in [-0.3, -0.25) is 4.79 Å². The van der Waals surface area contributed by atoms with E-state index < -0.39 is 5.60 Å². The van der Waals surface area contributed by atoms with Gasteiger partial charge < -0.3 is 9.84 Å². The normalized spacial score (nSPS) is 60.6. The molecule has 15 heavy (non-hydrogen) atoms. The van der Waals surface area contributed by atoms with Crippen LogP contribution in [0.1, 0.15) is 38.5 Å². The molecule has 2 unspecified atom stereocenters. The number of carbonyl (C=O) groups is 1. The molecule has 0 aromatic carbocycles. The Labute approximate surface area is 88.8 Å². The third-order valence-electron chi connectivity index (χ3n) is 5.13. The third kappa shape index (κ3) is 0.889. The summed E-state index contributed by atoms with van der Waals surface area (Å²) >= 11 is 0. The van der Waals surface area contributed by atoms with Crippen molar-refractivity contribution in [3.05, 3.63) is 0 Å². The quantitative estimate of drug-likeness (QED) is 0.609. The van der Waals surface area contributed by atoms with Crippen molar-refractivity contribution in [2.24, 2.45) is 17.3 Å². The molecular formula is C12H16O3. The predicted molar refractivity (Wildman–Crippen MR) is 51.9 cm³/mol. The van der Waals surface area contributed by atoms with Crippen LogP contribution in [0.3, 0.4) is 0 Å². The first-order valence-corrected chi connectivity index (χ1v) is 6.02. The highest BCUT2D eigenvalue weighted by atomic mass is 16.6. The summed E-state index contributed by atoms with van der Waals surface area (Å²) in [4.78, 5) is 11.5. The minimum absolute atomic E-state index is 0.0237. The maximum Gasteiger partial charge on any atom is 0.306 e. The van der Waals surface area contributed by atoms with Gasteiger partial charge in [0.2, 0.25) is 0 Å². The zero-order chi connectivity index (χ0) is 10.3. The van der Waals surface area contributed by atoms with Crippen LogP contribution in [-0.2, 0) is 9.53 Å². The van der Waals surface area contributed by atoms with Gasteiger partial charge in [0, 0.05) is 5.41 Å². The number of rotatable bonds is 0. The molecule has 1 aliphatic heterocycles. The van der Waals surface area contributed by atoms with Gasteiger partial charge in [-0.2, -0.15) is 0 Å². The summed E-state index contributed by atoms with van der Waals surface area (Å²) < 4.78 is 5.41. The molecule has 1 spiro atoms. The Morgan fingerprint density at radius 1 is 1.20 bits per heavy atom. The summed E-state index contributed by atoms with van der Waals surface area (Å²) in [5, 5.41) is 10.6. The zero-order valence-corrected chi connectivity index (χ0v) is 8.74. The van der Waals surface area contributed by atoms with Gasteiger partial charge in [-0.15, -0.1) is 0 Å². The van der Waals surface area contributed by atoms with E-state index in [1.54, 1.807) is 0 Å². The summed E-state index contributed by atoms with van der Waals surface area (Å²) in [5.74, 6) is 1.21. The van der Waals surface area contributed by atoms with E-state index in [-0.39, 0.29) is 17.5 Å². The van der Waals surface area contributed by atoms with Crippen LogP contribution < -0.4 is 0 Å². The highest BCUT2D eigenvalue weighted by Gasteiger charge is 2.68. The van der Waals surface area contributed by atoms with E-state index >= 15 is 0 Å². The molecule has 3 nitrogen and oxygen atoms in total. The fourth-order valence-corrected chi connectivity index (χ4v) is 5.20. The van der Waals surface area contributed by atoms with E-state index in [1.807, 2.05) is 0 Å². The molecule has 1 heterocycles. The lowest BCUT2D eigenvalue weighted by Crippen LogP contribution is -2.64. The van der Waals surface area contributed by atoms with Crippen LogP contribution in [0, 0.1) is 17.3 Å². The number of ether oxygens (including phenoxy) is 1. The van der Waals surface area contributed by atoms with Crippen LogP contribution >= 0.6 is 0 Å². The minimum Gasteiger partial charge on any atom is -0.459 e. The van der Waals surface area contributed by atoms with E-state index in [0.29, 0.717) is 18.3 Å². The second-order valence-corrected chi connectivity index (χ2v) is 6.30. The molecule has 0 aromatic rings. The number of esters is 1. The molecule has 1 N–H and O–H groups in total. The van der Waals surface area contributed by atoms with Crippen molar-refractivity contribution >= 4 is 5.97 Å². The summed E-state index contributed by atoms with van der Waals surface area (Å²) in [7, 11) is 0. The number of hydrogen-bond donors (Lipinski definition) is 1. The lowest BCUT2D eigenvalue weighted by molar-refractivity contribution is -0.225. The molecule has 4 saturated carbocycles. The second kappa shape index (κ2) is 2.24. The molecule has 5 aliphatic rings. The van der Waals surface area contributed by atoms with E-state index in [4.69, 9.17) is 4.74 Å². The Morgan fingerprint density at radius 2 is 1.87 bits per heavy atom. The molecule has 4 bridgehead atoms. The Hall–Kier alpha value is -0.570. The van der Waals surface area contributed by atoms with Gasteiger partial charge >= 0.3 is 5.97 Å². The van der Waals surface area contributed by atoms with Crippen LogP contribution in [0.5, 0.6) is 0 Å². The van der Waals surface area contributed by atoms with Crippen molar-refractivity contribution < 1.29 is 14.6 Å². The first-order chi connectivity index (χ1) is 7.10. The lowest BCUT2D eigenvalue weighted by atomic mass is 9.46. The van der Waals surface area contributed by atoms with Crippen LogP contribution in [0.25, 0.3) is 0 Å². The van der Waals surface area contributed by atoms with Gasteiger partial charge in [0.05, 0.1) is 6.42 Å². The molecule has 0 radical (unpaired) electrons. The lowest BCUT2D eigenvalue weighted by Gasteiger charge is -2.60. The smallest absolute Gasteiger partial charge is 0.306 e. The van der Waals surface area contributed by atoms with Gasteiger partial charge in [-0.25, -0.2) is 0 Å². The van der Waals surface area contributed by atoms with Crippen LogP contribution in [0.15, 0.2) is 0 Å². The molecule has 5 rings (SSSR count). The van der Waals surface area contributed by atoms with Gasteiger partial charge in [-0.05, 0) is 43.9 Å². The molecule has 82 valence electrons. The Balaban J connectivity index is 1.85. The monoisotopic (exact) mass is 208 g/mol. The average molecular weight is 208 g/mol. The van der Waals surface area contributed by atoms with Gasteiger partial charge in [0.25, 0.3) is 0 Å². The molecule has 5 fully saturated rings. The number of aliphatic hydroxyl groups is 1. The fraction of sp³-hybridized carbons (Fsp3) is 0.917. The Bertz CT molecular complexity index is 335. The van der Waals surface area contributed by atoms with Crippen molar-refractivity contribution in [1.29, 1.82) is 0 Å². The van der Waals surface area contributed by atoms with E-state index in [9.17, 15) is 9.90 Å². The SMILES string of the molecule is O=C1CC23CC4CC(CC(O)(C4)[C@H]2O1)C3. The van der Waals surface area contributed by atoms with Crippen molar-refractivity contribution in [2.75, 3.05) is 0 Å². The molecule has 3 heteroatoms. The van der Waals surface area contributed by atoms with Crippen molar-refractivity contribution in [1.82, 2.24) is 0 Å². The first-order valence-electron chi connectivity index (χ1n) is 6.02. The molecule has 0 aromatic heterocycles. The summed E-state index contributed by atoms with van der Waals surface area (Å²) in [6.45, 7) is 0. The van der Waals surface area contributed by atoms with E-state index in [1.165, 1.54) is 6.42 Å². The van der Waals surface area contributed by atoms with Crippen LogP contribution in [-0.4, -0.2) is 22.8 Å². The minimum atomic E-state index is -0.670. The van der Waals surface area contributed by atoms with E-state index in [0.717, 1.165) is 25.7 Å². The van der Waals surface area contributed by atoms with Crippen LogP contribution in [0.4, 0.5) is 0 Å². The maximum absolute atomic E-state index is 11.5. The molecule has 0 amide bonds. The second-order valence-electron chi connectivity index (χ2n) is 6.30. The third-order valence-corrected chi connectivity index (χ3v) is 5.13. The molecular weight excluding hydrogens is 192 g/mol. The molecule has 1 saturated heterocycles. The van der Waals surface area contributed by atoms with E-state index in [2.05, 4.69) is 0 Å². The Kier molecular flexibility index (Phi) is 1.28. The fourth-order valence-electron chi connectivity index (χ4n) is 5.20. The standard InChI is InChI=1S/C12H16O3/c13-9-6-11-2-7-1-8(3-11)5-12(14,4-7)10(11)15-9/h7-8,10,14H,1-6H2/t7?,8?,10-,11?,12?/m0/s1. The van der Waals surface area contributed by atoms with Crippen molar-refractivity contribution in [3.8, 4) is 0 Å². The zero-order valence-electron chi connectivity index (χ0n) is 8.74. The van der Waals surface area contributed by atoms with Gasteiger partial charge in [0.15, 0.2) is 0 Å². The van der Waals surface area contributed by atoms with Gasteiger partial charge in [-0.1, -0.05) is 0 Å². The Morgan fingerprint density at radius 3 is 2.53 bits per heavy atom. The number of carbonyl (C=O) groups excluding carboxylic acids is 1. The van der Waals surface area contributed by atoms with Crippen molar-refractivity contribution in [3.63, 3.8) is 0 Å². The topological polar surface area (TPSA) is 46.5 Å². The highest BCUT2D eigenvalue weighted by molar-refractivity contribution is 5.73. The van der Waals surface area contributed by atoms with Crippen molar-refractivity contribution in [2.45, 2.75) is 50.2 Å².